The minimum atomic E-state index is -0.0230. The first-order valence-electron chi connectivity index (χ1n) is 8.31. The van der Waals surface area contributed by atoms with Crippen LogP contribution in [0.25, 0.3) is 0 Å². The van der Waals surface area contributed by atoms with Gasteiger partial charge in [0.05, 0.1) is 0 Å². The van der Waals surface area contributed by atoms with E-state index in [0.29, 0.717) is 24.7 Å². The van der Waals surface area contributed by atoms with Crippen LogP contribution in [-0.2, 0) is 6.42 Å². The topological polar surface area (TPSA) is 45.2 Å². The number of hydrogen-bond donors (Lipinski definition) is 1. The average Bonchev–Trinajstić information content (AvgIpc) is 2.61. The fourth-order valence-corrected chi connectivity index (χ4v) is 2.81. The van der Waals surface area contributed by atoms with E-state index in [0.717, 1.165) is 17.5 Å². The third kappa shape index (κ3) is 5.24. The van der Waals surface area contributed by atoms with Crippen molar-refractivity contribution in [2.24, 2.45) is 0 Å². The number of benzene rings is 1. The van der Waals surface area contributed by atoms with Gasteiger partial charge in [0.1, 0.15) is 0 Å². The van der Waals surface area contributed by atoms with Crippen LogP contribution in [0.2, 0.25) is 5.02 Å². The number of halogens is 1. The van der Waals surface area contributed by atoms with Gasteiger partial charge >= 0.3 is 6.03 Å². The highest BCUT2D eigenvalue weighted by molar-refractivity contribution is 6.30. The molecular weight excluding hydrogens is 322 g/mol. The zero-order valence-electron chi connectivity index (χ0n) is 14.2. The zero-order chi connectivity index (χ0) is 17.4. The summed E-state index contributed by atoms with van der Waals surface area (Å²) in [7, 11) is 0. The van der Waals surface area contributed by atoms with E-state index in [1.54, 1.807) is 11.1 Å². The average molecular weight is 346 g/mol. The molecule has 1 unspecified atom stereocenters. The number of carbonyl (C=O) groups is 1. The third-order valence-corrected chi connectivity index (χ3v) is 4.35. The first-order valence-corrected chi connectivity index (χ1v) is 8.69. The van der Waals surface area contributed by atoms with Crippen LogP contribution in [0.15, 0.2) is 48.8 Å². The van der Waals surface area contributed by atoms with Gasteiger partial charge < -0.3 is 10.2 Å². The van der Waals surface area contributed by atoms with Crippen LogP contribution in [0, 0.1) is 0 Å². The van der Waals surface area contributed by atoms with Crippen molar-refractivity contribution in [2.45, 2.75) is 26.2 Å². The molecule has 0 fully saturated rings. The fraction of sp³-hybridized carbons (Fsp3) is 0.368. The van der Waals surface area contributed by atoms with Gasteiger partial charge in [0.25, 0.3) is 0 Å². The van der Waals surface area contributed by atoms with E-state index in [4.69, 9.17) is 11.6 Å². The van der Waals surface area contributed by atoms with Gasteiger partial charge in [-0.2, -0.15) is 0 Å². The first kappa shape index (κ1) is 18.3. The number of carbonyl (C=O) groups excluding carboxylic acids is 1. The summed E-state index contributed by atoms with van der Waals surface area (Å²) in [5.74, 6) is 0.172. The molecule has 0 aliphatic rings. The molecule has 2 amide bonds. The molecule has 4 nitrogen and oxygen atoms in total. The van der Waals surface area contributed by atoms with Crippen molar-refractivity contribution < 1.29 is 4.79 Å². The van der Waals surface area contributed by atoms with Gasteiger partial charge in [0.15, 0.2) is 0 Å². The number of hydrogen-bond acceptors (Lipinski definition) is 2. The number of amides is 2. The second-order valence-electron chi connectivity index (χ2n) is 5.67. The minimum Gasteiger partial charge on any atom is -0.337 e. The van der Waals surface area contributed by atoms with Crippen molar-refractivity contribution in [1.29, 1.82) is 0 Å². The number of urea groups is 1. The molecule has 0 spiro atoms. The lowest BCUT2D eigenvalue weighted by atomic mass is 9.92. The molecule has 0 aliphatic carbocycles. The van der Waals surface area contributed by atoms with E-state index < -0.39 is 0 Å². The summed E-state index contributed by atoms with van der Waals surface area (Å²) in [6.45, 7) is 5.95. The molecule has 2 aromatic rings. The molecule has 0 saturated heterocycles. The molecule has 2 rings (SSSR count). The summed E-state index contributed by atoms with van der Waals surface area (Å²) in [6, 6.07) is 11.8. The smallest absolute Gasteiger partial charge is 0.317 e. The molecule has 0 bridgehead atoms. The van der Waals surface area contributed by atoms with Crippen LogP contribution in [0.5, 0.6) is 0 Å². The van der Waals surface area contributed by atoms with Crippen molar-refractivity contribution >= 4 is 17.6 Å². The minimum absolute atomic E-state index is 0.0230. The zero-order valence-corrected chi connectivity index (χ0v) is 15.0. The molecule has 0 radical (unpaired) electrons. The molecule has 0 saturated carbocycles. The Balaban J connectivity index is 2.10. The maximum Gasteiger partial charge on any atom is 0.317 e. The molecule has 128 valence electrons. The van der Waals surface area contributed by atoms with Gasteiger partial charge in [-0.1, -0.05) is 29.8 Å². The number of rotatable bonds is 7. The molecule has 1 aromatic carbocycles. The van der Waals surface area contributed by atoms with Gasteiger partial charge in [-0.15, -0.1) is 0 Å². The molecule has 1 heterocycles. The van der Waals surface area contributed by atoms with Crippen molar-refractivity contribution in [2.75, 3.05) is 19.6 Å². The van der Waals surface area contributed by atoms with Crippen LogP contribution in [0.1, 0.15) is 30.9 Å². The Hall–Kier alpha value is -2.07. The monoisotopic (exact) mass is 345 g/mol. The predicted octanol–water partition coefficient (Wildman–Crippen LogP) is 4.11. The Labute approximate surface area is 148 Å². The van der Waals surface area contributed by atoms with E-state index in [9.17, 15) is 4.79 Å². The highest BCUT2D eigenvalue weighted by Crippen LogP contribution is 2.22. The fourth-order valence-electron chi connectivity index (χ4n) is 2.68. The second-order valence-corrected chi connectivity index (χ2v) is 6.11. The van der Waals surface area contributed by atoms with E-state index in [1.165, 1.54) is 0 Å². The summed E-state index contributed by atoms with van der Waals surface area (Å²) in [5, 5.41) is 3.77. The highest BCUT2D eigenvalue weighted by atomic mass is 35.5. The number of pyridine rings is 1. The molecule has 1 aromatic heterocycles. The molecule has 24 heavy (non-hydrogen) atoms. The lowest BCUT2D eigenvalue weighted by Gasteiger charge is -2.23. The maximum absolute atomic E-state index is 12.2. The van der Waals surface area contributed by atoms with Crippen molar-refractivity contribution in [1.82, 2.24) is 15.2 Å². The SMILES string of the molecule is CCN(CC)C(=O)NCC(Cc1cccnc1)c1ccc(Cl)cc1. The van der Waals surface area contributed by atoms with Crippen LogP contribution >= 0.6 is 11.6 Å². The van der Waals surface area contributed by atoms with Gasteiger partial charge in [-0.3, -0.25) is 4.98 Å². The molecular formula is C19H24ClN3O. The largest absolute Gasteiger partial charge is 0.337 e. The van der Waals surface area contributed by atoms with Crippen LogP contribution < -0.4 is 5.32 Å². The summed E-state index contributed by atoms with van der Waals surface area (Å²) in [4.78, 5) is 18.2. The Morgan fingerprint density at radius 1 is 1.21 bits per heavy atom. The van der Waals surface area contributed by atoms with E-state index in [2.05, 4.69) is 16.4 Å². The van der Waals surface area contributed by atoms with Crippen LogP contribution in [0.4, 0.5) is 4.79 Å². The van der Waals surface area contributed by atoms with Crippen molar-refractivity contribution in [3.63, 3.8) is 0 Å². The molecule has 0 aliphatic heterocycles. The Morgan fingerprint density at radius 3 is 2.50 bits per heavy atom. The predicted molar refractivity (Wildman–Crippen MR) is 98.5 cm³/mol. The second kappa shape index (κ2) is 9.28. The van der Waals surface area contributed by atoms with E-state index in [-0.39, 0.29) is 11.9 Å². The van der Waals surface area contributed by atoms with Crippen LogP contribution in [-0.4, -0.2) is 35.5 Å². The molecule has 1 atom stereocenters. The van der Waals surface area contributed by atoms with Crippen molar-refractivity contribution in [3.8, 4) is 0 Å². The number of aromatic nitrogens is 1. The van der Waals surface area contributed by atoms with Crippen LogP contribution in [0.3, 0.4) is 0 Å². The molecule has 5 heteroatoms. The molecule has 1 N–H and O–H groups in total. The highest BCUT2D eigenvalue weighted by Gasteiger charge is 2.16. The van der Waals surface area contributed by atoms with Gasteiger partial charge in [-0.05, 0) is 49.6 Å². The third-order valence-electron chi connectivity index (χ3n) is 4.10. The summed E-state index contributed by atoms with van der Waals surface area (Å²) < 4.78 is 0. The Bertz CT molecular complexity index is 627. The van der Waals surface area contributed by atoms with Crippen molar-refractivity contribution in [3.05, 3.63) is 64.9 Å². The summed E-state index contributed by atoms with van der Waals surface area (Å²) in [5.41, 5.74) is 2.30. The number of nitrogens with zero attached hydrogens (tertiary/aromatic N) is 2. The Morgan fingerprint density at radius 2 is 1.92 bits per heavy atom. The van der Waals surface area contributed by atoms with E-state index >= 15 is 0 Å². The lowest BCUT2D eigenvalue weighted by Crippen LogP contribution is -2.41. The first-order chi connectivity index (χ1) is 11.6. The van der Waals surface area contributed by atoms with Gasteiger partial charge in [0.2, 0.25) is 0 Å². The Kier molecular flexibility index (Phi) is 7.07. The van der Waals surface area contributed by atoms with E-state index in [1.807, 2.05) is 50.4 Å². The number of nitrogens with one attached hydrogen (secondary N) is 1. The quantitative estimate of drug-likeness (QED) is 0.820. The summed E-state index contributed by atoms with van der Waals surface area (Å²) in [6.07, 6.45) is 4.45. The maximum atomic E-state index is 12.2. The lowest BCUT2D eigenvalue weighted by molar-refractivity contribution is 0.202. The normalized spacial score (nSPS) is 11.8. The summed E-state index contributed by atoms with van der Waals surface area (Å²) >= 11 is 6.00. The van der Waals surface area contributed by atoms with Gasteiger partial charge in [0, 0.05) is 43.0 Å². The van der Waals surface area contributed by atoms with Gasteiger partial charge in [-0.25, -0.2) is 4.79 Å². The standard InChI is InChI=1S/C19H24ClN3O/c1-3-23(4-2)19(24)22-14-17(12-15-6-5-11-21-13-15)16-7-9-18(20)10-8-16/h5-11,13,17H,3-4,12,14H2,1-2H3,(H,22,24).